The monoisotopic (exact) mass is 595 g/mol. The van der Waals surface area contributed by atoms with E-state index >= 15 is 0 Å². The highest BCUT2D eigenvalue weighted by Gasteiger charge is 2.54. The van der Waals surface area contributed by atoms with Crippen LogP contribution in [0.3, 0.4) is 0 Å². The lowest BCUT2D eigenvalue weighted by atomic mass is 9.70. The molecule has 8 N–H and O–H groups in total. The van der Waals surface area contributed by atoms with Gasteiger partial charge in [0.1, 0.15) is 0 Å². The Kier molecular flexibility index (Phi) is 7.88. The van der Waals surface area contributed by atoms with Gasteiger partial charge >= 0.3 is 0 Å². The van der Waals surface area contributed by atoms with E-state index in [0.717, 1.165) is 53.3 Å². The van der Waals surface area contributed by atoms with Crippen LogP contribution in [0.1, 0.15) is 110 Å². The van der Waals surface area contributed by atoms with Gasteiger partial charge in [-0.3, -0.25) is 42.5 Å². The zero-order chi connectivity index (χ0) is 28.7. The van der Waals surface area contributed by atoms with Gasteiger partial charge in [0.15, 0.2) is 0 Å². The first-order valence-electron chi connectivity index (χ1n) is 19.2. The summed E-state index contributed by atoms with van der Waals surface area (Å²) in [6.45, 7) is 4.93. The van der Waals surface area contributed by atoms with Crippen LogP contribution >= 0.6 is 0 Å². The number of fused-ring (bicyclic) bond motifs is 20. The predicted molar refractivity (Wildman–Crippen MR) is 171 cm³/mol. The third-order valence-electron chi connectivity index (χ3n) is 14.9. The molecule has 4 saturated carbocycles. The second-order valence-corrected chi connectivity index (χ2v) is 17.1. The van der Waals surface area contributed by atoms with Gasteiger partial charge in [-0.2, -0.15) is 0 Å². The summed E-state index contributed by atoms with van der Waals surface area (Å²) in [7, 11) is 0. The van der Waals surface area contributed by atoms with E-state index in [4.69, 9.17) is 0 Å². The van der Waals surface area contributed by atoms with Crippen molar-refractivity contribution >= 4 is 0 Å². The topological polar surface area (TPSA) is 96.2 Å². The van der Waals surface area contributed by atoms with Gasteiger partial charge in [0, 0.05) is 0 Å². The summed E-state index contributed by atoms with van der Waals surface area (Å²) in [5, 5.41) is 34.1. The molecule has 17 atom stereocenters. The minimum Gasteiger partial charge on any atom is -0.286 e. The van der Waals surface area contributed by atoms with Crippen LogP contribution < -0.4 is 42.5 Å². The largest absolute Gasteiger partial charge is 0.286 e. The molecule has 8 heteroatoms. The van der Waals surface area contributed by atoms with Crippen molar-refractivity contribution in [2.45, 2.75) is 159 Å². The highest BCUT2D eigenvalue weighted by Crippen LogP contribution is 2.47. The summed E-state index contributed by atoms with van der Waals surface area (Å²) in [6.07, 6.45) is 24.0. The minimum atomic E-state index is 0.393. The molecule has 5 aliphatic heterocycles. The van der Waals surface area contributed by atoms with Gasteiger partial charge in [0.05, 0.1) is 49.3 Å². The van der Waals surface area contributed by atoms with Gasteiger partial charge in [-0.05, 0) is 117 Å². The summed E-state index contributed by atoms with van der Waals surface area (Å²) in [5.74, 6) is 7.50. The molecule has 9 aliphatic rings. The molecule has 4 aliphatic carbocycles. The fourth-order valence-corrected chi connectivity index (χ4v) is 12.6. The van der Waals surface area contributed by atoms with Gasteiger partial charge in [0.2, 0.25) is 0 Å². The molecule has 0 aromatic rings. The average molecular weight is 595 g/mol. The quantitative estimate of drug-likeness (QED) is 0.234. The Balaban J connectivity index is 1.05. The molecule has 0 aromatic carbocycles. The Morgan fingerprint density at radius 2 is 0.581 bits per heavy atom. The molecule has 0 aromatic heterocycles. The molecular formula is C35H62N8. The molecule has 8 bridgehead atoms. The zero-order valence-electron chi connectivity index (χ0n) is 27.0. The molecule has 0 spiro atoms. The van der Waals surface area contributed by atoms with Crippen molar-refractivity contribution in [3.63, 3.8) is 0 Å². The maximum Gasteiger partial charge on any atom is 0.0628 e. The maximum absolute atomic E-state index is 4.32. The van der Waals surface area contributed by atoms with E-state index in [9.17, 15) is 0 Å². The normalized spacial score (nSPS) is 56.3. The molecule has 8 nitrogen and oxygen atoms in total. The van der Waals surface area contributed by atoms with E-state index in [-0.39, 0.29) is 0 Å². The molecule has 5 saturated heterocycles. The molecule has 9 fully saturated rings. The SMILES string of the molecule is CC(C)C1CCC2C3NC4NC(NC5NC(NC6NC(NC(N3)C2C1)C1CCCCC61)C1CCCCC51)C1CCCCC41. The first kappa shape index (κ1) is 28.9. The molecule has 5 heterocycles. The molecule has 242 valence electrons. The summed E-state index contributed by atoms with van der Waals surface area (Å²) in [5.41, 5.74) is 0. The van der Waals surface area contributed by atoms with E-state index in [0.29, 0.717) is 55.2 Å². The Labute approximate surface area is 260 Å². The van der Waals surface area contributed by atoms with E-state index < -0.39 is 0 Å². The minimum absolute atomic E-state index is 0.393. The van der Waals surface area contributed by atoms with Crippen molar-refractivity contribution in [3.8, 4) is 0 Å². The second kappa shape index (κ2) is 11.7. The number of hydrogen-bond acceptors (Lipinski definition) is 8. The van der Waals surface area contributed by atoms with Gasteiger partial charge in [-0.1, -0.05) is 52.4 Å². The second-order valence-electron chi connectivity index (χ2n) is 17.1. The fraction of sp³-hybridized carbons (Fsp3) is 1.00. The molecule has 9 rings (SSSR count). The van der Waals surface area contributed by atoms with Crippen LogP contribution in [0, 0.1) is 59.2 Å². The summed E-state index contributed by atoms with van der Waals surface area (Å²) in [6, 6.07) is 0. The molecule has 17 unspecified atom stereocenters. The van der Waals surface area contributed by atoms with Gasteiger partial charge in [-0.15, -0.1) is 0 Å². The smallest absolute Gasteiger partial charge is 0.0628 e. The Hall–Kier alpha value is -0.320. The van der Waals surface area contributed by atoms with Crippen molar-refractivity contribution in [2.24, 2.45) is 59.2 Å². The van der Waals surface area contributed by atoms with Crippen LogP contribution in [0.2, 0.25) is 0 Å². The van der Waals surface area contributed by atoms with Crippen LogP contribution in [0.4, 0.5) is 0 Å². The summed E-state index contributed by atoms with van der Waals surface area (Å²) in [4.78, 5) is 0. The van der Waals surface area contributed by atoms with E-state index in [1.807, 2.05) is 0 Å². The zero-order valence-corrected chi connectivity index (χ0v) is 27.0. The average Bonchev–Trinajstić information content (AvgIpc) is 3.76. The third-order valence-corrected chi connectivity index (χ3v) is 14.9. The van der Waals surface area contributed by atoms with Crippen LogP contribution in [-0.4, -0.2) is 49.3 Å². The van der Waals surface area contributed by atoms with Crippen LogP contribution in [-0.2, 0) is 0 Å². The first-order valence-corrected chi connectivity index (χ1v) is 19.2. The summed E-state index contributed by atoms with van der Waals surface area (Å²) >= 11 is 0. The number of nitrogens with one attached hydrogen (secondary N) is 8. The highest BCUT2D eigenvalue weighted by atomic mass is 15.4. The number of rotatable bonds is 1. The van der Waals surface area contributed by atoms with E-state index in [2.05, 4.69) is 56.4 Å². The molecular weight excluding hydrogens is 532 g/mol. The standard InChI is InChI=1S/C35H62N8/c1-18(2)19-15-16-26-27(17-19)35-42-33-25-14-8-7-13-24(25)31(40-33)38-29-21-10-4-3-9-20(21)28(36-29)37-30-22-11-5-6-12-23(22)32(39-30)41-34(26)43-35/h18-43H,3-17H2,1-2H3. The Morgan fingerprint density at radius 1 is 0.326 bits per heavy atom. The lowest BCUT2D eigenvalue weighted by Gasteiger charge is -2.39. The molecule has 43 heavy (non-hydrogen) atoms. The van der Waals surface area contributed by atoms with Crippen molar-refractivity contribution < 1.29 is 0 Å². The third kappa shape index (κ3) is 5.08. The Morgan fingerprint density at radius 3 is 0.860 bits per heavy atom. The predicted octanol–water partition coefficient (Wildman–Crippen LogP) is 3.49. The van der Waals surface area contributed by atoms with Crippen LogP contribution in [0.15, 0.2) is 0 Å². The molecule has 0 radical (unpaired) electrons. The highest BCUT2D eigenvalue weighted by molar-refractivity contribution is 5.08. The fourth-order valence-electron chi connectivity index (χ4n) is 12.6. The lowest BCUT2D eigenvalue weighted by molar-refractivity contribution is 0.124. The van der Waals surface area contributed by atoms with Crippen molar-refractivity contribution in [3.05, 3.63) is 0 Å². The summed E-state index contributed by atoms with van der Waals surface area (Å²) < 4.78 is 0. The number of hydrogen-bond donors (Lipinski definition) is 8. The van der Waals surface area contributed by atoms with E-state index in [1.54, 1.807) is 0 Å². The maximum atomic E-state index is 4.32. The lowest BCUT2D eigenvalue weighted by Crippen LogP contribution is -2.61. The van der Waals surface area contributed by atoms with Gasteiger partial charge < -0.3 is 0 Å². The van der Waals surface area contributed by atoms with Crippen LogP contribution in [0.25, 0.3) is 0 Å². The van der Waals surface area contributed by atoms with Gasteiger partial charge in [0.25, 0.3) is 0 Å². The van der Waals surface area contributed by atoms with Crippen LogP contribution in [0.5, 0.6) is 0 Å². The molecule has 0 amide bonds. The first-order chi connectivity index (χ1) is 21.1. The Bertz CT molecular complexity index is 991. The van der Waals surface area contributed by atoms with Crippen molar-refractivity contribution in [2.75, 3.05) is 0 Å². The van der Waals surface area contributed by atoms with Gasteiger partial charge in [-0.25, -0.2) is 0 Å². The van der Waals surface area contributed by atoms with Crippen molar-refractivity contribution in [1.82, 2.24) is 42.5 Å². The van der Waals surface area contributed by atoms with E-state index in [1.165, 1.54) is 96.3 Å². The van der Waals surface area contributed by atoms with Crippen molar-refractivity contribution in [1.29, 1.82) is 0 Å².